The van der Waals surface area contributed by atoms with Crippen molar-refractivity contribution in [3.05, 3.63) is 39.9 Å². The highest BCUT2D eigenvalue weighted by molar-refractivity contribution is 5.90. The van der Waals surface area contributed by atoms with Gasteiger partial charge in [0.05, 0.1) is 17.0 Å². The summed E-state index contributed by atoms with van der Waals surface area (Å²) in [6.45, 7) is 5.20. The van der Waals surface area contributed by atoms with Gasteiger partial charge < -0.3 is 14.8 Å². The molecule has 22 heavy (non-hydrogen) atoms. The van der Waals surface area contributed by atoms with Gasteiger partial charge in [0.25, 0.3) is 5.69 Å². The van der Waals surface area contributed by atoms with E-state index in [1.54, 1.807) is 20.8 Å². The lowest BCUT2D eigenvalue weighted by atomic mass is 10.2. The highest BCUT2D eigenvalue weighted by atomic mass is 16.6. The van der Waals surface area contributed by atoms with Crippen molar-refractivity contribution in [3.63, 3.8) is 0 Å². The molecule has 0 saturated carbocycles. The van der Waals surface area contributed by atoms with Crippen molar-refractivity contribution in [3.8, 4) is 0 Å². The van der Waals surface area contributed by atoms with Gasteiger partial charge in [0.2, 0.25) is 0 Å². The quantitative estimate of drug-likeness (QED) is 0.387. The molecule has 8 nitrogen and oxygen atoms in total. The second-order valence-electron chi connectivity index (χ2n) is 5.37. The smallest absolute Gasteiger partial charge is 0.407 e. The van der Waals surface area contributed by atoms with Crippen molar-refractivity contribution in [2.75, 3.05) is 13.2 Å². The van der Waals surface area contributed by atoms with Gasteiger partial charge in [0.15, 0.2) is 0 Å². The van der Waals surface area contributed by atoms with Crippen LogP contribution < -0.4 is 5.32 Å². The van der Waals surface area contributed by atoms with Gasteiger partial charge in [-0.05, 0) is 26.8 Å². The van der Waals surface area contributed by atoms with Crippen LogP contribution >= 0.6 is 0 Å². The Morgan fingerprint density at radius 2 is 2.00 bits per heavy atom. The molecular formula is C14H18N2O6. The molecular weight excluding hydrogens is 292 g/mol. The zero-order valence-electron chi connectivity index (χ0n) is 12.6. The van der Waals surface area contributed by atoms with Crippen LogP contribution in [-0.2, 0) is 9.47 Å². The number of nitro groups is 1. The lowest BCUT2D eigenvalue weighted by Crippen LogP contribution is -2.34. The van der Waals surface area contributed by atoms with Gasteiger partial charge in [-0.2, -0.15) is 0 Å². The van der Waals surface area contributed by atoms with Crippen LogP contribution in [0.4, 0.5) is 10.5 Å². The van der Waals surface area contributed by atoms with E-state index in [2.05, 4.69) is 5.32 Å². The lowest BCUT2D eigenvalue weighted by molar-refractivity contribution is -0.384. The van der Waals surface area contributed by atoms with Crippen LogP contribution in [0.5, 0.6) is 0 Å². The van der Waals surface area contributed by atoms with Crippen LogP contribution in [0.2, 0.25) is 0 Å². The molecule has 1 aromatic carbocycles. The molecule has 0 fully saturated rings. The van der Waals surface area contributed by atoms with Gasteiger partial charge in [-0.25, -0.2) is 9.59 Å². The normalized spacial score (nSPS) is 10.7. The molecule has 0 heterocycles. The number of esters is 1. The minimum absolute atomic E-state index is 0.0687. The highest BCUT2D eigenvalue weighted by Gasteiger charge is 2.16. The summed E-state index contributed by atoms with van der Waals surface area (Å²) < 4.78 is 9.92. The first-order chi connectivity index (χ1) is 10.2. The number of hydrogen-bond donors (Lipinski definition) is 1. The topological polar surface area (TPSA) is 108 Å². The third kappa shape index (κ3) is 6.21. The van der Waals surface area contributed by atoms with Gasteiger partial charge in [0, 0.05) is 12.1 Å². The molecule has 0 saturated heterocycles. The van der Waals surface area contributed by atoms with Gasteiger partial charge >= 0.3 is 12.1 Å². The van der Waals surface area contributed by atoms with Crippen molar-refractivity contribution in [1.29, 1.82) is 0 Å². The molecule has 0 aliphatic rings. The minimum atomic E-state index is -0.699. The Bertz CT molecular complexity index is 565. The number of nitro benzene ring substituents is 1. The Morgan fingerprint density at radius 1 is 1.32 bits per heavy atom. The Kier molecular flexibility index (Phi) is 5.85. The SMILES string of the molecule is CC(C)(C)OC(=O)NCCOC(=O)c1cccc([N+](=O)[O-])c1. The molecule has 1 N–H and O–H groups in total. The Hall–Kier alpha value is -2.64. The zero-order valence-corrected chi connectivity index (χ0v) is 12.6. The average molecular weight is 310 g/mol. The van der Waals surface area contributed by atoms with E-state index in [9.17, 15) is 19.7 Å². The molecule has 0 spiro atoms. The number of nitrogens with zero attached hydrogens (tertiary/aromatic N) is 1. The standard InChI is InChI=1S/C14H18N2O6/c1-14(2,3)22-13(18)15-7-8-21-12(17)10-5-4-6-11(9-10)16(19)20/h4-6,9H,7-8H2,1-3H3,(H,15,18). The zero-order chi connectivity index (χ0) is 16.8. The predicted molar refractivity (Wildman–Crippen MR) is 77.6 cm³/mol. The third-order valence-corrected chi connectivity index (χ3v) is 2.30. The number of amides is 1. The summed E-state index contributed by atoms with van der Waals surface area (Å²) in [4.78, 5) is 33.1. The fourth-order valence-electron chi connectivity index (χ4n) is 1.44. The largest absolute Gasteiger partial charge is 0.460 e. The van der Waals surface area contributed by atoms with E-state index in [0.29, 0.717) is 0 Å². The molecule has 0 atom stereocenters. The summed E-state index contributed by atoms with van der Waals surface area (Å²) >= 11 is 0. The van der Waals surface area contributed by atoms with Crippen LogP contribution in [0.25, 0.3) is 0 Å². The van der Waals surface area contributed by atoms with Crippen LogP contribution in [0.15, 0.2) is 24.3 Å². The van der Waals surface area contributed by atoms with E-state index < -0.39 is 22.6 Å². The molecule has 8 heteroatoms. The molecule has 0 bridgehead atoms. The summed E-state index contributed by atoms with van der Waals surface area (Å²) in [5, 5.41) is 13.0. The highest BCUT2D eigenvalue weighted by Crippen LogP contribution is 2.13. The maximum Gasteiger partial charge on any atom is 0.407 e. The number of benzene rings is 1. The third-order valence-electron chi connectivity index (χ3n) is 2.30. The maximum absolute atomic E-state index is 11.7. The number of alkyl carbamates (subject to hydrolysis) is 1. The fourth-order valence-corrected chi connectivity index (χ4v) is 1.44. The number of rotatable bonds is 5. The molecule has 0 aromatic heterocycles. The van der Waals surface area contributed by atoms with E-state index in [-0.39, 0.29) is 24.4 Å². The van der Waals surface area contributed by atoms with Crippen molar-refractivity contribution >= 4 is 17.7 Å². The Labute approximate surface area is 127 Å². The fraction of sp³-hybridized carbons (Fsp3) is 0.429. The second-order valence-corrected chi connectivity index (χ2v) is 5.37. The van der Waals surface area contributed by atoms with Gasteiger partial charge in [-0.3, -0.25) is 10.1 Å². The predicted octanol–water partition coefficient (Wildman–Crippen LogP) is 2.28. The first-order valence-electron chi connectivity index (χ1n) is 6.57. The van der Waals surface area contributed by atoms with E-state index >= 15 is 0 Å². The van der Waals surface area contributed by atoms with Gasteiger partial charge in [0.1, 0.15) is 12.2 Å². The number of nitrogens with one attached hydrogen (secondary N) is 1. The minimum Gasteiger partial charge on any atom is -0.460 e. The molecule has 0 radical (unpaired) electrons. The van der Waals surface area contributed by atoms with Crippen molar-refractivity contribution < 1.29 is 24.0 Å². The molecule has 1 amide bonds. The van der Waals surface area contributed by atoms with E-state index in [1.165, 1.54) is 18.2 Å². The van der Waals surface area contributed by atoms with E-state index in [1.807, 2.05) is 0 Å². The van der Waals surface area contributed by atoms with Crippen LogP contribution in [0.3, 0.4) is 0 Å². The Morgan fingerprint density at radius 3 is 2.59 bits per heavy atom. The van der Waals surface area contributed by atoms with E-state index in [0.717, 1.165) is 6.07 Å². The monoisotopic (exact) mass is 310 g/mol. The van der Waals surface area contributed by atoms with Gasteiger partial charge in [-0.1, -0.05) is 6.07 Å². The number of hydrogen-bond acceptors (Lipinski definition) is 6. The number of carbonyl (C=O) groups is 2. The van der Waals surface area contributed by atoms with Crippen LogP contribution in [0, 0.1) is 10.1 Å². The first-order valence-corrected chi connectivity index (χ1v) is 6.57. The molecule has 0 aliphatic heterocycles. The van der Waals surface area contributed by atoms with Crippen LogP contribution in [-0.4, -0.2) is 35.7 Å². The van der Waals surface area contributed by atoms with E-state index in [4.69, 9.17) is 9.47 Å². The summed E-state index contributed by atoms with van der Waals surface area (Å²) in [6, 6.07) is 5.22. The molecule has 0 unspecified atom stereocenters. The van der Waals surface area contributed by atoms with Crippen molar-refractivity contribution in [2.24, 2.45) is 0 Å². The summed E-state index contributed by atoms with van der Waals surface area (Å²) in [5.41, 5.74) is -0.725. The first kappa shape index (κ1) is 17.4. The summed E-state index contributed by atoms with van der Waals surface area (Å²) in [5.74, 6) is -0.699. The number of non-ortho nitro benzene ring substituents is 1. The van der Waals surface area contributed by atoms with Crippen molar-refractivity contribution in [2.45, 2.75) is 26.4 Å². The average Bonchev–Trinajstić information content (AvgIpc) is 2.41. The van der Waals surface area contributed by atoms with Crippen LogP contribution in [0.1, 0.15) is 31.1 Å². The summed E-state index contributed by atoms with van der Waals surface area (Å²) in [7, 11) is 0. The van der Waals surface area contributed by atoms with Gasteiger partial charge in [-0.15, -0.1) is 0 Å². The second kappa shape index (κ2) is 7.39. The maximum atomic E-state index is 11.7. The number of carbonyl (C=O) groups excluding carboxylic acids is 2. The molecule has 1 aromatic rings. The van der Waals surface area contributed by atoms with Crippen molar-refractivity contribution in [1.82, 2.24) is 5.32 Å². The Balaban J connectivity index is 2.39. The molecule has 1 rings (SSSR count). The summed E-state index contributed by atoms with van der Waals surface area (Å²) in [6.07, 6.45) is -0.612. The number of ether oxygens (including phenoxy) is 2. The molecule has 0 aliphatic carbocycles. The lowest BCUT2D eigenvalue weighted by Gasteiger charge is -2.19. The molecule has 120 valence electrons.